The van der Waals surface area contributed by atoms with E-state index in [1.165, 1.54) is 6.20 Å². The number of piperazine rings is 1. The predicted molar refractivity (Wildman–Crippen MR) is 95.8 cm³/mol. The molecule has 7 heteroatoms. The van der Waals surface area contributed by atoms with Gasteiger partial charge in [-0.15, -0.1) is 0 Å². The third-order valence-corrected chi connectivity index (χ3v) is 4.25. The smallest absolute Gasteiger partial charge is 0.263 e. The van der Waals surface area contributed by atoms with Crippen LogP contribution in [0.25, 0.3) is 0 Å². The van der Waals surface area contributed by atoms with Crippen LogP contribution in [-0.4, -0.2) is 50.1 Å². The first-order chi connectivity index (χ1) is 11.6. The molecule has 0 spiro atoms. The first-order valence-corrected chi connectivity index (χ1v) is 8.32. The quantitative estimate of drug-likeness (QED) is 0.536. The van der Waals surface area contributed by atoms with Crippen molar-refractivity contribution >= 4 is 23.2 Å². The fourth-order valence-electron chi connectivity index (χ4n) is 2.34. The Morgan fingerprint density at radius 1 is 1.46 bits per heavy atom. The molecule has 1 aliphatic rings. The highest BCUT2D eigenvalue weighted by atomic mass is 35.5. The fourth-order valence-corrected chi connectivity index (χ4v) is 2.52. The Bertz CT molecular complexity index is 647. The van der Waals surface area contributed by atoms with Gasteiger partial charge in [0.1, 0.15) is 11.6 Å². The number of amides is 1. The van der Waals surface area contributed by atoms with Gasteiger partial charge in [-0.1, -0.05) is 17.7 Å². The van der Waals surface area contributed by atoms with Crippen molar-refractivity contribution in [1.82, 2.24) is 15.5 Å². The lowest BCUT2D eigenvalue weighted by molar-refractivity contribution is -0.117. The number of nitrogens with one attached hydrogen (secondary N) is 3. The van der Waals surface area contributed by atoms with E-state index in [4.69, 9.17) is 16.9 Å². The van der Waals surface area contributed by atoms with Crippen LogP contribution >= 0.6 is 11.6 Å². The number of hydrogen-bond acceptors (Lipinski definition) is 5. The summed E-state index contributed by atoms with van der Waals surface area (Å²) in [7, 11) is 0. The van der Waals surface area contributed by atoms with Gasteiger partial charge in [-0.3, -0.25) is 9.69 Å². The van der Waals surface area contributed by atoms with Crippen molar-refractivity contribution in [2.75, 3.05) is 44.6 Å². The molecule has 2 rings (SSSR count). The summed E-state index contributed by atoms with van der Waals surface area (Å²) in [6.07, 6.45) is 1.40. The number of carbonyl (C=O) groups is 1. The maximum Gasteiger partial charge on any atom is 0.263 e. The monoisotopic (exact) mass is 347 g/mol. The summed E-state index contributed by atoms with van der Waals surface area (Å²) in [6.45, 7) is 7.12. The lowest BCUT2D eigenvalue weighted by Crippen LogP contribution is -2.46. The molecule has 0 atom stereocenters. The third-order valence-electron chi connectivity index (χ3n) is 3.84. The Labute approximate surface area is 147 Å². The Morgan fingerprint density at radius 2 is 2.21 bits per heavy atom. The second-order valence-electron chi connectivity index (χ2n) is 5.63. The van der Waals surface area contributed by atoms with Crippen LogP contribution in [0, 0.1) is 18.3 Å². The van der Waals surface area contributed by atoms with E-state index in [9.17, 15) is 4.79 Å². The van der Waals surface area contributed by atoms with E-state index in [1.54, 1.807) is 6.07 Å². The minimum atomic E-state index is -0.377. The highest BCUT2D eigenvalue weighted by Gasteiger charge is 2.11. The van der Waals surface area contributed by atoms with Crippen LogP contribution < -0.4 is 16.0 Å². The van der Waals surface area contributed by atoms with E-state index in [0.717, 1.165) is 44.0 Å². The molecular weight excluding hydrogens is 326 g/mol. The Kier molecular flexibility index (Phi) is 7.07. The number of anilines is 1. The number of benzene rings is 1. The Hall–Kier alpha value is -2.07. The van der Waals surface area contributed by atoms with Crippen molar-refractivity contribution in [2.24, 2.45) is 0 Å². The first-order valence-electron chi connectivity index (χ1n) is 7.94. The standard InChI is InChI=1S/C17H22ClN5O/c1-13-2-3-15(10-16(13)18)22-12-14(11-19)17(24)21-6-9-23-7-4-20-5-8-23/h2-3,10,12,20,22H,4-9H2,1H3,(H,21,24)/b14-12-. The minimum absolute atomic E-state index is 0.0343. The Balaban J connectivity index is 1.83. The molecule has 0 bridgehead atoms. The molecule has 24 heavy (non-hydrogen) atoms. The molecule has 1 aromatic carbocycles. The molecule has 1 saturated heterocycles. The zero-order chi connectivity index (χ0) is 17.4. The average Bonchev–Trinajstić information content (AvgIpc) is 2.59. The zero-order valence-corrected chi connectivity index (χ0v) is 14.5. The van der Waals surface area contributed by atoms with Crippen LogP contribution in [0.1, 0.15) is 5.56 Å². The maximum absolute atomic E-state index is 12.1. The molecule has 0 radical (unpaired) electrons. The topological polar surface area (TPSA) is 80.2 Å². The molecule has 0 unspecified atom stereocenters. The summed E-state index contributed by atoms with van der Waals surface area (Å²) in [4.78, 5) is 14.3. The van der Waals surface area contributed by atoms with Crippen molar-refractivity contribution in [2.45, 2.75) is 6.92 Å². The first kappa shape index (κ1) is 18.3. The van der Waals surface area contributed by atoms with Gasteiger partial charge in [-0.05, 0) is 24.6 Å². The van der Waals surface area contributed by atoms with Gasteiger partial charge in [-0.25, -0.2) is 0 Å². The molecule has 0 aliphatic carbocycles. The second kappa shape index (κ2) is 9.28. The lowest BCUT2D eigenvalue weighted by atomic mass is 10.2. The van der Waals surface area contributed by atoms with E-state index >= 15 is 0 Å². The summed E-state index contributed by atoms with van der Waals surface area (Å²) in [5.74, 6) is -0.377. The summed E-state index contributed by atoms with van der Waals surface area (Å²) < 4.78 is 0. The number of hydrogen-bond donors (Lipinski definition) is 3. The second-order valence-corrected chi connectivity index (χ2v) is 6.03. The van der Waals surface area contributed by atoms with Crippen LogP contribution in [0.3, 0.4) is 0 Å². The molecule has 0 aromatic heterocycles. The number of nitriles is 1. The number of rotatable bonds is 6. The molecule has 128 valence electrons. The molecule has 6 nitrogen and oxygen atoms in total. The van der Waals surface area contributed by atoms with Gasteiger partial charge in [0, 0.05) is 56.2 Å². The normalized spacial score (nSPS) is 15.6. The van der Waals surface area contributed by atoms with E-state index in [-0.39, 0.29) is 11.5 Å². The highest BCUT2D eigenvalue weighted by Crippen LogP contribution is 2.20. The number of aryl methyl sites for hydroxylation is 1. The van der Waals surface area contributed by atoms with Gasteiger partial charge in [0.15, 0.2) is 0 Å². The molecule has 0 saturated carbocycles. The predicted octanol–water partition coefficient (Wildman–Crippen LogP) is 1.49. The van der Waals surface area contributed by atoms with Crippen LogP contribution in [0.2, 0.25) is 5.02 Å². The average molecular weight is 348 g/mol. The van der Waals surface area contributed by atoms with Gasteiger partial charge in [0.2, 0.25) is 0 Å². The number of nitrogens with zero attached hydrogens (tertiary/aromatic N) is 2. The van der Waals surface area contributed by atoms with E-state index in [0.29, 0.717) is 11.6 Å². The largest absolute Gasteiger partial charge is 0.360 e. The van der Waals surface area contributed by atoms with Crippen LogP contribution in [0.5, 0.6) is 0 Å². The lowest BCUT2D eigenvalue weighted by Gasteiger charge is -2.27. The fraction of sp³-hybridized carbons (Fsp3) is 0.412. The summed E-state index contributed by atoms with van der Waals surface area (Å²) >= 11 is 6.05. The van der Waals surface area contributed by atoms with Crippen molar-refractivity contribution in [3.05, 3.63) is 40.6 Å². The highest BCUT2D eigenvalue weighted by molar-refractivity contribution is 6.31. The molecule has 1 heterocycles. The summed E-state index contributed by atoms with van der Waals surface area (Å²) in [6, 6.07) is 7.39. The molecule has 1 aromatic rings. The molecule has 1 aliphatic heterocycles. The number of halogens is 1. The zero-order valence-electron chi connectivity index (χ0n) is 13.7. The van der Waals surface area contributed by atoms with Crippen LogP contribution in [-0.2, 0) is 4.79 Å². The van der Waals surface area contributed by atoms with Crippen molar-refractivity contribution in [1.29, 1.82) is 5.26 Å². The van der Waals surface area contributed by atoms with E-state index in [1.807, 2.05) is 25.1 Å². The van der Waals surface area contributed by atoms with E-state index < -0.39 is 0 Å². The molecule has 1 amide bonds. The third kappa shape index (κ3) is 5.53. The van der Waals surface area contributed by atoms with Gasteiger partial charge in [-0.2, -0.15) is 5.26 Å². The van der Waals surface area contributed by atoms with Gasteiger partial charge >= 0.3 is 0 Å². The molecule has 1 fully saturated rings. The van der Waals surface area contributed by atoms with Gasteiger partial charge in [0.25, 0.3) is 5.91 Å². The van der Waals surface area contributed by atoms with Crippen LogP contribution in [0.15, 0.2) is 30.0 Å². The SMILES string of the molecule is Cc1ccc(N/C=C(/C#N)C(=O)NCCN2CCNCC2)cc1Cl. The van der Waals surface area contributed by atoms with Crippen LogP contribution in [0.4, 0.5) is 5.69 Å². The van der Waals surface area contributed by atoms with E-state index in [2.05, 4.69) is 20.9 Å². The molecular formula is C17H22ClN5O. The van der Waals surface area contributed by atoms with Gasteiger partial charge in [0.05, 0.1) is 0 Å². The number of carbonyl (C=O) groups excluding carboxylic acids is 1. The van der Waals surface area contributed by atoms with Crippen molar-refractivity contribution in [3.8, 4) is 6.07 Å². The summed E-state index contributed by atoms with van der Waals surface area (Å²) in [5.41, 5.74) is 1.73. The van der Waals surface area contributed by atoms with Gasteiger partial charge < -0.3 is 16.0 Å². The minimum Gasteiger partial charge on any atom is -0.360 e. The maximum atomic E-state index is 12.1. The van der Waals surface area contributed by atoms with Crippen molar-refractivity contribution in [3.63, 3.8) is 0 Å². The molecule has 3 N–H and O–H groups in total. The van der Waals surface area contributed by atoms with Crippen molar-refractivity contribution < 1.29 is 4.79 Å². The summed E-state index contributed by atoms with van der Waals surface area (Å²) in [5, 5.41) is 18.8. The Morgan fingerprint density at radius 3 is 2.88 bits per heavy atom.